The van der Waals surface area contributed by atoms with Crippen molar-refractivity contribution < 1.29 is 0 Å². The Morgan fingerprint density at radius 1 is 0.205 bits per heavy atom. The minimum Gasteiger partial charge on any atom is -0.132 e. The Hall–Kier alpha value is -1.76. The Labute approximate surface area is 864 Å². The molecule has 0 amide bonds. The van der Waals surface area contributed by atoms with Crippen LogP contribution >= 0.6 is 99.9 Å². The number of unbranched alkanes of at least 4 members (excludes halogenated alkanes) is 66. The van der Waals surface area contributed by atoms with E-state index < -0.39 is 0 Å². The first-order valence-electron chi connectivity index (χ1n) is 56.4. The molecule has 8 aromatic heterocycles. The number of aryl methyl sites for hydroxylation is 6. The zero-order valence-electron chi connectivity index (χ0n) is 85.0. The third-order valence-corrected chi connectivity index (χ3v) is 42.8. The number of aromatic nitrogens is 2. The third-order valence-electron chi connectivity index (χ3n) is 28.2. The van der Waals surface area contributed by atoms with Gasteiger partial charge in [0.25, 0.3) is 0 Å². The first-order valence-corrected chi connectivity index (χ1v) is 66.3. The van der Waals surface area contributed by atoms with Crippen LogP contribution < -0.4 is 0 Å². The SMILES string of the molecule is CCCCCCCCCCCCCCc1cc(Br)sc1-c1cc(CCCCCCCCCCCCCC)c(-c2nc(CCCCCCCCCCCCCC)c(-c3ccc(-c4sc(-c5sc(-c6sc(-c7ccc(-c8ccc(Br)[se]8)[se]7)cc6CCCCCCCCCCCCCC)cc5CCCCCCCCCCCCCC)nc4CCCCCCCCCCCCCC)cc3)s2)s1. The molecule has 12 heteroatoms. The molecule has 0 aliphatic carbocycles. The molecule has 0 fully saturated rings. The van der Waals surface area contributed by atoms with E-state index in [1.165, 1.54) is 554 Å². The Morgan fingerprint density at radius 2 is 0.432 bits per heavy atom. The van der Waals surface area contributed by atoms with Crippen molar-refractivity contribution in [1.29, 1.82) is 0 Å². The van der Waals surface area contributed by atoms with Gasteiger partial charge < -0.3 is 0 Å². The van der Waals surface area contributed by atoms with Crippen molar-refractivity contribution in [2.75, 3.05) is 0 Å². The summed E-state index contributed by atoms with van der Waals surface area (Å²) in [6, 6.07) is 30.3. The summed E-state index contributed by atoms with van der Waals surface area (Å²) in [5.74, 6) is 0. The van der Waals surface area contributed by atoms with E-state index in [0.717, 1.165) is 25.7 Å². The van der Waals surface area contributed by atoms with Gasteiger partial charge in [0.2, 0.25) is 0 Å². The summed E-state index contributed by atoms with van der Waals surface area (Å²) in [7, 11) is 0. The number of benzene rings is 1. The second-order valence-electron chi connectivity index (χ2n) is 40.1. The van der Waals surface area contributed by atoms with Crippen LogP contribution in [0.5, 0.6) is 0 Å². The maximum absolute atomic E-state index is 6.03. The summed E-state index contributed by atoms with van der Waals surface area (Å²) >= 11 is 21.0. The summed E-state index contributed by atoms with van der Waals surface area (Å²) in [5, 5.41) is 2.53. The monoisotopic (exact) mass is 2160 g/mol. The molecule has 1 aromatic carbocycles. The fourth-order valence-corrected chi connectivity index (χ4v) is 33.5. The minimum atomic E-state index is 0.314. The van der Waals surface area contributed by atoms with E-state index in [2.05, 4.69) is 180 Å². The van der Waals surface area contributed by atoms with Gasteiger partial charge in [0.15, 0.2) is 0 Å². The first-order chi connectivity index (χ1) is 65.2. The van der Waals surface area contributed by atoms with Crippen molar-refractivity contribution in [2.24, 2.45) is 0 Å². The Kier molecular flexibility index (Phi) is 63.2. The van der Waals surface area contributed by atoms with E-state index in [1.54, 1.807) is 40.4 Å². The number of thiazole rings is 2. The van der Waals surface area contributed by atoms with Gasteiger partial charge in [-0.3, -0.25) is 0 Å². The van der Waals surface area contributed by atoms with Gasteiger partial charge in [0, 0.05) is 9.75 Å². The zero-order valence-corrected chi connectivity index (χ0v) is 96.5. The van der Waals surface area contributed by atoms with Crippen molar-refractivity contribution >= 4 is 129 Å². The molecule has 0 radical (unpaired) electrons. The van der Waals surface area contributed by atoms with Crippen molar-refractivity contribution in [2.45, 2.75) is 542 Å². The van der Waals surface area contributed by atoms with Crippen LogP contribution in [0.3, 0.4) is 0 Å². The van der Waals surface area contributed by atoms with Crippen LogP contribution in [-0.2, 0) is 38.5 Å². The van der Waals surface area contributed by atoms with Gasteiger partial charge in [-0.15, -0.1) is 34.0 Å². The summed E-state index contributed by atoms with van der Waals surface area (Å²) in [5.41, 5.74) is 11.6. The second-order valence-corrected chi connectivity index (χ2v) is 54.2. The number of hydrogen-bond acceptors (Lipinski definition) is 8. The van der Waals surface area contributed by atoms with E-state index in [4.69, 9.17) is 9.97 Å². The fraction of sp³-hybridized carbons (Fsp3) is 0.700. The van der Waals surface area contributed by atoms with Crippen LogP contribution in [0.2, 0.25) is 0 Å². The molecule has 0 spiro atoms. The normalized spacial score (nSPS) is 11.9. The smallest absolute Gasteiger partial charge is 0.132 e. The maximum atomic E-state index is 6.03. The van der Waals surface area contributed by atoms with Crippen molar-refractivity contribution in [1.82, 2.24) is 9.97 Å². The topological polar surface area (TPSA) is 25.8 Å². The predicted octanol–water partition coefficient (Wildman–Crippen LogP) is 45.3. The van der Waals surface area contributed by atoms with E-state index in [0.29, 0.717) is 29.0 Å². The molecule has 0 bridgehead atoms. The summed E-state index contributed by atoms with van der Waals surface area (Å²) in [4.78, 5) is 25.2. The van der Waals surface area contributed by atoms with Gasteiger partial charge in [-0.1, -0.05) is 420 Å². The Morgan fingerprint density at radius 3 is 0.720 bits per heavy atom. The third kappa shape index (κ3) is 45.2. The molecule has 8 heterocycles. The molecule has 738 valence electrons. The fourth-order valence-electron chi connectivity index (χ4n) is 20.0. The average Bonchev–Trinajstić information content (AvgIpc) is 1.63. The van der Waals surface area contributed by atoms with E-state index in [1.807, 2.05) is 34.0 Å². The summed E-state index contributed by atoms with van der Waals surface area (Å²) in [6.07, 6.45) is 106. The molecule has 0 N–H and O–H groups in total. The molecule has 0 aliphatic heterocycles. The van der Waals surface area contributed by atoms with Crippen LogP contribution in [0, 0.1) is 0 Å². The number of hydrogen-bond donors (Lipinski definition) is 0. The summed E-state index contributed by atoms with van der Waals surface area (Å²) < 4.78 is 7.37. The van der Waals surface area contributed by atoms with Crippen molar-refractivity contribution in [3.63, 3.8) is 0 Å². The molecule has 2 nitrogen and oxygen atoms in total. The quantitative estimate of drug-likeness (QED) is 0.0280. The van der Waals surface area contributed by atoms with Gasteiger partial charge in [0.05, 0.1) is 19.2 Å². The summed E-state index contributed by atoms with van der Waals surface area (Å²) in [6.45, 7) is 14.0. The standard InChI is InChI=1S/C120H186Br2N2S6Se2/c1-7-13-19-25-31-37-43-49-55-61-67-73-79-99-93-105(108-89-90-109(131-108)110-91-92-112(122)132-110)125-115(99)106-94-100(80-74-68-62-56-50-44-38-32-26-20-14-8-2)117(126-106)119-123-103(83-77-71-65-59-53-47-41-35-29-23-17-11-5)113(129-119)97-85-87-98(88-86-97)114-104(84-78-72-66-60-54-48-42-36-30-24-18-12-6)124-120(130-114)118-101(81-75-69-63-57-51-45-39-33-27-21-15-9-3)95-107(127-118)116-102(96-111(121)128-116)82-76-70-64-58-52-46-40-34-28-22-16-10-4/h85-96H,7-84H2,1-6H3. The zero-order chi connectivity index (χ0) is 92.6. The number of rotatable bonds is 86. The molecule has 0 saturated heterocycles. The van der Waals surface area contributed by atoms with Crippen LogP contribution in [0.25, 0.3) is 78.3 Å². The molecule has 0 atom stereocenters. The minimum absolute atomic E-state index is 0.314. The Balaban J connectivity index is 1.03. The van der Waals surface area contributed by atoms with Gasteiger partial charge in [-0.25, -0.2) is 4.98 Å². The van der Waals surface area contributed by atoms with Crippen molar-refractivity contribution in [3.8, 4) is 78.3 Å². The molecule has 0 unspecified atom stereocenters. The first kappa shape index (κ1) is 114. The second kappa shape index (κ2) is 73.3. The van der Waals surface area contributed by atoms with Crippen LogP contribution in [0.4, 0.5) is 0 Å². The molecule has 0 aliphatic rings. The molecule has 9 rings (SSSR count). The predicted molar refractivity (Wildman–Crippen MR) is 611 cm³/mol. The average molecular weight is 2170 g/mol. The van der Waals surface area contributed by atoms with Gasteiger partial charge >= 0.3 is 297 Å². The molecular weight excluding hydrogens is 1980 g/mol. The van der Waals surface area contributed by atoms with Gasteiger partial charge in [0.1, 0.15) is 5.01 Å². The molecule has 0 saturated carbocycles. The number of nitrogens with zero attached hydrogens (tertiary/aromatic N) is 2. The molecular formula is C120H186Br2N2S6Se2. The number of thiophene rings is 4. The van der Waals surface area contributed by atoms with E-state index in [9.17, 15) is 0 Å². The molecule has 9 aromatic rings. The van der Waals surface area contributed by atoms with Gasteiger partial charge in [-0.05, 0) is 83.3 Å². The van der Waals surface area contributed by atoms with Crippen LogP contribution in [-0.4, -0.2) is 39.0 Å². The van der Waals surface area contributed by atoms with Crippen LogP contribution in [0.1, 0.15) is 537 Å². The Bertz CT molecular complexity index is 4300. The van der Waals surface area contributed by atoms with Crippen molar-refractivity contribution in [3.05, 3.63) is 114 Å². The molecule has 132 heavy (non-hydrogen) atoms. The van der Waals surface area contributed by atoms with Crippen LogP contribution in [0.15, 0.2) is 79.9 Å². The van der Waals surface area contributed by atoms with E-state index >= 15 is 0 Å². The van der Waals surface area contributed by atoms with Gasteiger partial charge in [-0.2, -0.15) is 0 Å². The number of halogens is 2. The van der Waals surface area contributed by atoms with E-state index in [-0.39, 0.29) is 0 Å².